The molecule has 30 heavy (non-hydrogen) atoms. The number of ether oxygens (including phenoxy) is 2. The summed E-state index contributed by atoms with van der Waals surface area (Å²) in [6.07, 6.45) is -0.133. The van der Waals surface area contributed by atoms with Gasteiger partial charge >= 0.3 is 0 Å². The largest absolute Gasteiger partial charge is 0.445 e. The molecular weight excluding hydrogens is 407 g/mol. The quantitative estimate of drug-likeness (QED) is 0.704. The van der Waals surface area contributed by atoms with Crippen LogP contribution in [-0.4, -0.2) is 35.5 Å². The van der Waals surface area contributed by atoms with Crippen LogP contribution in [0.5, 0.6) is 0 Å². The third-order valence-corrected chi connectivity index (χ3v) is 6.68. The molecule has 156 valence electrons. The molecule has 7 heteroatoms. The van der Waals surface area contributed by atoms with Gasteiger partial charge in [-0.3, -0.25) is 4.79 Å². The van der Waals surface area contributed by atoms with Gasteiger partial charge in [0.15, 0.2) is 6.17 Å². The highest BCUT2D eigenvalue weighted by Gasteiger charge is 2.52. The van der Waals surface area contributed by atoms with Crippen molar-refractivity contribution >= 4 is 23.5 Å². The van der Waals surface area contributed by atoms with Gasteiger partial charge in [-0.1, -0.05) is 48.0 Å². The maximum Gasteiger partial charge on any atom is 0.297 e. The fourth-order valence-electron chi connectivity index (χ4n) is 4.56. The Balaban J connectivity index is 1.30. The van der Waals surface area contributed by atoms with Crippen molar-refractivity contribution in [2.24, 2.45) is 4.99 Å². The summed E-state index contributed by atoms with van der Waals surface area (Å²) in [5.41, 5.74) is 0.818. The fraction of sp³-hybridized carbons (Fsp3) is 0.391. The van der Waals surface area contributed by atoms with Crippen molar-refractivity contribution in [3.63, 3.8) is 0 Å². The first kappa shape index (κ1) is 19.5. The van der Waals surface area contributed by atoms with E-state index in [1.165, 1.54) is 18.1 Å². The van der Waals surface area contributed by atoms with Gasteiger partial charge in [-0.15, -0.1) is 0 Å². The summed E-state index contributed by atoms with van der Waals surface area (Å²) in [5.74, 6) is -0.609. The number of carbonyl (C=O) groups excluding carboxylic acids is 1. The average molecular weight is 429 g/mol. The number of halogens is 2. The molecule has 3 aliphatic rings. The minimum absolute atomic E-state index is 0.195. The van der Waals surface area contributed by atoms with Gasteiger partial charge in [0.25, 0.3) is 11.9 Å². The highest BCUT2D eigenvalue weighted by Crippen LogP contribution is 2.45. The van der Waals surface area contributed by atoms with Crippen molar-refractivity contribution in [1.82, 2.24) is 4.90 Å². The van der Waals surface area contributed by atoms with Gasteiger partial charge in [0.1, 0.15) is 0 Å². The van der Waals surface area contributed by atoms with Crippen LogP contribution in [0.15, 0.2) is 53.5 Å². The second kappa shape index (κ2) is 7.06. The number of aliphatic imine (C=N–C) groups is 1. The van der Waals surface area contributed by atoms with Crippen LogP contribution in [0.4, 0.5) is 4.39 Å². The van der Waals surface area contributed by atoms with Crippen molar-refractivity contribution in [3.8, 4) is 0 Å². The van der Waals surface area contributed by atoms with Crippen LogP contribution in [0.25, 0.3) is 0 Å². The number of amides is 1. The highest BCUT2D eigenvalue weighted by atomic mass is 35.5. The molecule has 5 nitrogen and oxygen atoms in total. The normalized spacial score (nSPS) is 25.8. The topological polar surface area (TPSA) is 51.1 Å². The van der Waals surface area contributed by atoms with Crippen molar-refractivity contribution in [1.29, 1.82) is 0 Å². The van der Waals surface area contributed by atoms with E-state index in [2.05, 4.69) is 17.1 Å². The molecule has 0 bridgehead atoms. The molecular formula is C23H22ClFN2O3. The number of rotatable bonds is 2. The lowest BCUT2D eigenvalue weighted by Gasteiger charge is -2.40. The minimum Gasteiger partial charge on any atom is -0.445 e. The van der Waals surface area contributed by atoms with Crippen LogP contribution in [0.1, 0.15) is 42.6 Å². The number of nitrogens with zero attached hydrogens (tertiary/aromatic N) is 2. The molecule has 5 rings (SSSR count). The summed E-state index contributed by atoms with van der Waals surface area (Å²) in [5, 5.41) is 0.504. The summed E-state index contributed by atoms with van der Waals surface area (Å²) in [7, 11) is 0. The Morgan fingerprint density at radius 3 is 2.57 bits per heavy atom. The number of hydrogen-bond donors (Lipinski definition) is 0. The molecule has 3 heterocycles. The van der Waals surface area contributed by atoms with Crippen LogP contribution in [0.3, 0.4) is 0 Å². The molecule has 2 aromatic carbocycles. The first-order valence-corrected chi connectivity index (χ1v) is 10.5. The molecule has 0 saturated carbocycles. The Morgan fingerprint density at radius 1 is 1.13 bits per heavy atom. The van der Waals surface area contributed by atoms with Crippen molar-refractivity contribution in [3.05, 3.63) is 70.2 Å². The second-order valence-corrected chi connectivity index (χ2v) is 8.69. The number of piperidine rings is 1. The van der Waals surface area contributed by atoms with E-state index >= 15 is 4.39 Å². The Hall–Kier alpha value is -2.44. The van der Waals surface area contributed by atoms with E-state index in [0.29, 0.717) is 30.3 Å². The molecule has 0 radical (unpaired) electrons. The standard InChI is InChI=1S/C23H22ClFN2O3/c1-22(19(25)15-6-8-17(24)9-7-15)20(28)26-21(30-22)27-12-10-23(11-13-27)18-5-3-2-4-16(18)14-29-23/h2-9,19H,10-14H2,1H3. The number of benzene rings is 2. The third kappa shape index (κ3) is 3.01. The summed E-state index contributed by atoms with van der Waals surface area (Å²) >= 11 is 5.89. The van der Waals surface area contributed by atoms with Crippen molar-refractivity contribution in [2.75, 3.05) is 13.1 Å². The summed E-state index contributed by atoms with van der Waals surface area (Å²) < 4.78 is 27.3. The molecule has 0 aliphatic carbocycles. The zero-order valence-corrected chi connectivity index (χ0v) is 17.4. The Kier molecular flexibility index (Phi) is 4.60. The molecule has 1 fully saturated rings. The molecule has 2 unspecified atom stereocenters. The van der Waals surface area contributed by atoms with Gasteiger partial charge in [-0.2, -0.15) is 4.99 Å². The smallest absolute Gasteiger partial charge is 0.297 e. The lowest BCUT2D eigenvalue weighted by Crippen LogP contribution is -2.47. The van der Waals surface area contributed by atoms with Gasteiger partial charge in [0, 0.05) is 18.1 Å². The van der Waals surface area contributed by atoms with Gasteiger partial charge in [-0.25, -0.2) is 4.39 Å². The van der Waals surface area contributed by atoms with E-state index in [0.717, 1.165) is 12.8 Å². The number of carbonyl (C=O) groups is 1. The average Bonchev–Trinajstić information content (AvgIpc) is 3.27. The van der Waals surface area contributed by atoms with E-state index in [4.69, 9.17) is 21.1 Å². The van der Waals surface area contributed by atoms with Crippen molar-refractivity contribution < 1.29 is 18.7 Å². The number of fused-ring (bicyclic) bond motifs is 2. The number of amidine groups is 1. The van der Waals surface area contributed by atoms with Crippen LogP contribution < -0.4 is 0 Å². The Morgan fingerprint density at radius 2 is 1.83 bits per heavy atom. The zero-order valence-electron chi connectivity index (χ0n) is 16.6. The summed E-state index contributed by atoms with van der Waals surface area (Å²) in [6.45, 7) is 3.31. The third-order valence-electron chi connectivity index (χ3n) is 6.43. The molecule has 0 aromatic heterocycles. The van der Waals surface area contributed by atoms with E-state index < -0.39 is 17.7 Å². The van der Waals surface area contributed by atoms with Gasteiger partial charge in [0.05, 0.1) is 12.2 Å². The van der Waals surface area contributed by atoms with E-state index in [9.17, 15) is 4.79 Å². The highest BCUT2D eigenvalue weighted by molar-refractivity contribution is 6.30. The SMILES string of the molecule is CC1(C(F)c2ccc(Cl)cc2)OC(N2CCC3(CC2)OCc2ccccc23)=NC1=O. The number of alkyl halides is 1. The van der Waals surface area contributed by atoms with Crippen LogP contribution in [0, 0.1) is 0 Å². The molecule has 1 saturated heterocycles. The minimum atomic E-state index is -1.69. The van der Waals surface area contributed by atoms with E-state index in [1.807, 2.05) is 17.0 Å². The summed E-state index contributed by atoms with van der Waals surface area (Å²) in [4.78, 5) is 18.6. The monoisotopic (exact) mass is 428 g/mol. The first-order valence-electron chi connectivity index (χ1n) is 10.1. The predicted octanol–water partition coefficient (Wildman–Crippen LogP) is 4.54. The zero-order chi connectivity index (χ0) is 20.9. The van der Waals surface area contributed by atoms with Crippen LogP contribution >= 0.6 is 11.6 Å². The lowest BCUT2D eigenvalue weighted by molar-refractivity contribution is -0.135. The molecule has 2 atom stereocenters. The van der Waals surface area contributed by atoms with Gasteiger partial charge in [-0.05, 0) is 48.6 Å². The van der Waals surface area contributed by atoms with E-state index in [1.54, 1.807) is 24.3 Å². The molecule has 1 amide bonds. The van der Waals surface area contributed by atoms with E-state index in [-0.39, 0.29) is 11.6 Å². The molecule has 0 N–H and O–H groups in total. The van der Waals surface area contributed by atoms with Gasteiger partial charge in [0.2, 0.25) is 5.60 Å². The van der Waals surface area contributed by atoms with Crippen LogP contribution in [-0.2, 0) is 26.5 Å². The fourth-order valence-corrected chi connectivity index (χ4v) is 4.68. The predicted molar refractivity (Wildman–Crippen MR) is 111 cm³/mol. The Bertz CT molecular complexity index is 1020. The Labute approximate surface area is 179 Å². The molecule has 3 aliphatic heterocycles. The summed E-state index contributed by atoms with van der Waals surface area (Å²) in [6, 6.07) is 14.8. The number of hydrogen-bond acceptors (Lipinski definition) is 4. The number of likely N-dealkylation sites (tertiary alicyclic amines) is 1. The van der Waals surface area contributed by atoms with Gasteiger partial charge < -0.3 is 14.4 Å². The van der Waals surface area contributed by atoms with Crippen LogP contribution in [0.2, 0.25) is 5.02 Å². The second-order valence-electron chi connectivity index (χ2n) is 8.25. The maximum atomic E-state index is 15.3. The molecule has 2 aromatic rings. The first-order chi connectivity index (χ1) is 14.4. The maximum absolute atomic E-state index is 15.3. The lowest BCUT2D eigenvalue weighted by atomic mass is 9.84. The van der Waals surface area contributed by atoms with Crippen molar-refractivity contribution in [2.45, 2.75) is 43.7 Å². The molecule has 1 spiro atoms.